The predicted octanol–water partition coefficient (Wildman–Crippen LogP) is 3.06. The normalized spacial score (nSPS) is 10.3. The highest BCUT2D eigenvalue weighted by Crippen LogP contribution is 2.35. The minimum Gasteiger partial charge on any atom is -0.495 e. The molecular formula is C14H18ClN3O2. The molecule has 0 saturated carbocycles. The minimum atomic E-state index is 0.535. The molecule has 0 radical (unpaired) electrons. The molecule has 1 N–H and O–H groups in total. The summed E-state index contributed by atoms with van der Waals surface area (Å²) in [4.78, 5) is 4.01. The number of nitrogens with zero attached hydrogens (tertiary/aromatic N) is 2. The zero-order valence-corrected chi connectivity index (χ0v) is 12.4. The van der Waals surface area contributed by atoms with Crippen molar-refractivity contribution in [3.63, 3.8) is 0 Å². The fraction of sp³-hybridized carbons (Fsp3) is 0.357. The second kappa shape index (κ2) is 7.05. The zero-order valence-electron chi connectivity index (χ0n) is 11.6. The van der Waals surface area contributed by atoms with Gasteiger partial charge in [0, 0.05) is 37.6 Å². The third-order valence-corrected chi connectivity index (χ3v) is 3.24. The fourth-order valence-electron chi connectivity index (χ4n) is 1.90. The molecule has 0 spiro atoms. The number of methoxy groups -OCH3 is 2. The average Bonchev–Trinajstić information content (AvgIpc) is 2.97. The maximum absolute atomic E-state index is 6.07. The van der Waals surface area contributed by atoms with E-state index in [2.05, 4.69) is 10.3 Å². The Hall–Kier alpha value is -1.88. The monoisotopic (exact) mass is 295 g/mol. The van der Waals surface area contributed by atoms with Gasteiger partial charge in [0.2, 0.25) is 0 Å². The topological polar surface area (TPSA) is 48.3 Å². The third-order valence-electron chi connectivity index (χ3n) is 2.94. The van der Waals surface area contributed by atoms with Gasteiger partial charge in [0.15, 0.2) is 0 Å². The van der Waals surface area contributed by atoms with Crippen LogP contribution in [0, 0.1) is 0 Å². The van der Waals surface area contributed by atoms with E-state index in [0.717, 1.165) is 25.2 Å². The van der Waals surface area contributed by atoms with Crippen molar-refractivity contribution >= 4 is 17.3 Å². The summed E-state index contributed by atoms with van der Waals surface area (Å²) >= 11 is 6.07. The Balaban J connectivity index is 1.94. The van der Waals surface area contributed by atoms with Crippen LogP contribution in [-0.4, -0.2) is 30.3 Å². The molecule has 5 nitrogen and oxygen atoms in total. The van der Waals surface area contributed by atoms with Crippen LogP contribution in [0.2, 0.25) is 5.02 Å². The highest BCUT2D eigenvalue weighted by Gasteiger charge is 2.09. The molecule has 2 aromatic rings. The highest BCUT2D eigenvalue weighted by atomic mass is 35.5. The molecule has 0 fully saturated rings. The summed E-state index contributed by atoms with van der Waals surface area (Å²) < 4.78 is 12.6. The van der Waals surface area contributed by atoms with Gasteiger partial charge in [-0.3, -0.25) is 0 Å². The summed E-state index contributed by atoms with van der Waals surface area (Å²) in [5, 5.41) is 3.87. The molecule has 0 aliphatic rings. The summed E-state index contributed by atoms with van der Waals surface area (Å²) in [5.41, 5.74) is 0.874. The highest BCUT2D eigenvalue weighted by molar-refractivity contribution is 6.32. The minimum absolute atomic E-state index is 0.535. The first-order valence-corrected chi connectivity index (χ1v) is 6.73. The average molecular weight is 296 g/mol. The number of hydrogen-bond donors (Lipinski definition) is 1. The molecule has 1 aromatic carbocycles. The Bertz CT molecular complexity index is 544. The van der Waals surface area contributed by atoms with Gasteiger partial charge in [0.05, 0.1) is 31.3 Å². The van der Waals surface area contributed by atoms with Crippen LogP contribution in [-0.2, 0) is 6.54 Å². The smallest absolute Gasteiger partial charge is 0.143 e. The van der Waals surface area contributed by atoms with Crippen LogP contribution in [0.3, 0.4) is 0 Å². The van der Waals surface area contributed by atoms with Crippen LogP contribution in [0.4, 0.5) is 5.69 Å². The van der Waals surface area contributed by atoms with E-state index in [1.165, 1.54) is 0 Å². The first-order valence-electron chi connectivity index (χ1n) is 6.35. The van der Waals surface area contributed by atoms with Crippen molar-refractivity contribution in [1.82, 2.24) is 9.55 Å². The summed E-state index contributed by atoms with van der Waals surface area (Å²) in [6.07, 6.45) is 6.52. The summed E-state index contributed by atoms with van der Waals surface area (Å²) in [5.74, 6) is 1.34. The van der Waals surface area contributed by atoms with Crippen LogP contribution in [0.15, 0.2) is 30.9 Å². The van der Waals surface area contributed by atoms with E-state index in [1.54, 1.807) is 26.5 Å². The number of anilines is 1. The first-order chi connectivity index (χ1) is 9.74. The lowest BCUT2D eigenvalue weighted by molar-refractivity contribution is 0.404. The number of aryl methyl sites for hydroxylation is 1. The first kappa shape index (κ1) is 14.5. The number of halogens is 1. The summed E-state index contributed by atoms with van der Waals surface area (Å²) in [7, 11) is 3.21. The lowest BCUT2D eigenvalue weighted by Gasteiger charge is -2.14. The van der Waals surface area contributed by atoms with Gasteiger partial charge in [0.1, 0.15) is 11.5 Å². The molecule has 0 unspecified atom stereocenters. The SMILES string of the molecule is COc1cc(NCCCn2ccnc2)c(OC)cc1Cl. The lowest BCUT2D eigenvalue weighted by Crippen LogP contribution is -2.07. The maximum atomic E-state index is 6.07. The number of aromatic nitrogens is 2. The number of nitrogens with one attached hydrogen (secondary N) is 1. The fourth-order valence-corrected chi connectivity index (χ4v) is 2.13. The van der Waals surface area contributed by atoms with Gasteiger partial charge in [-0.05, 0) is 6.42 Å². The Morgan fingerprint density at radius 2 is 2.05 bits per heavy atom. The van der Waals surface area contributed by atoms with Gasteiger partial charge in [-0.1, -0.05) is 11.6 Å². The van der Waals surface area contributed by atoms with Crippen molar-refractivity contribution in [2.45, 2.75) is 13.0 Å². The van der Waals surface area contributed by atoms with Crippen molar-refractivity contribution < 1.29 is 9.47 Å². The molecule has 0 aliphatic heterocycles. The quantitative estimate of drug-likeness (QED) is 0.798. The Morgan fingerprint density at radius 3 is 2.70 bits per heavy atom. The second-order valence-corrected chi connectivity index (χ2v) is 4.68. The molecule has 2 rings (SSSR count). The van der Waals surface area contributed by atoms with E-state index < -0.39 is 0 Å². The van der Waals surface area contributed by atoms with E-state index in [-0.39, 0.29) is 0 Å². The Kier molecular flexibility index (Phi) is 5.12. The maximum Gasteiger partial charge on any atom is 0.143 e. The van der Waals surface area contributed by atoms with Crippen LogP contribution in [0.5, 0.6) is 11.5 Å². The molecule has 6 heteroatoms. The van der Waals surface area contributed by atoms with Gasteiger partial charge < -0.3 is 19.4 Å². The zero-order chi connectivity index (χ0) is 14.4. The molecule has 0 amide bonds. The van der Waals surface area contributed by atoms with Crippen molar-refractivity contribution in [3.8, 4) is 11.5 Å². The summed E-state index contributed by atoms with van der Waals surface area (Å²) in [6.45, 7) is 1.74. The molecule has 1 aromatic heterocycles. The molecule has 0 bridgehead atoms. The van der Waals surface area contributed by atoms with E-state index in [1.807, 2.05) is 23.2 Å². The number of imidazole rings is 1. The second-order valence-electron chi connectivity index (χ2n) is 4.27. The molecule has 0 atom stereocenters. The lowest BCUT2D eigenvalue weighted by atomic mass is 10.2. The van der Waals surface area contributed by atoms with Crippen molar-refractivity contribution in [2.75, 3.05) is 26.1 Å². The van der Waals surface area contributed by atoms with Crippen molar-refractivity contribution in [1.29, 1.82) is 0 Å². The molecule has 1 heterocycles. The standard InChI is InChI=1S/C14H18ClN3O2/c1-19-13-9-12(14(20-2)8-11(13)15)17-4-3-6-18-7-5-16-10-18/h5,7-10,17H,3-4,6H2,1-2H3. The van der Waals surface area contributed by atoms with E-state index in [4.69, 9.17) is 21.1 Å². The predicted molar refractivity (Wildman–Crippen MR) is 79.9 cm³/mol. The van der Waals surface area contributed by atoms with Crippen molar-refractivity contribution in [2.24, 2.45) is 0 Å². The van der Waals surface area contributed by atoms with Gasteiger partial charge in [-0.25, -0.2) is 4.98 Å². The Labute approximate surface area is 123 Å². The molecule has 0 saturated heterocycles. The number of benzene rings is 1. The Morgan fingerprint density at radius 1 is 1.25 bits per heavy atom. The van der Waals surface area contributed by atoms with Crippen LogP contribution >= 0.6 is 11.6 Å². The van der Waals surface area contributed by atoms with Crippen LogP contribution in [0.25, 0.3) is 0 Å². The number of hydrogen-bond acceptors (Lipinski definition) is 4. The molecule has 0 aliphatic carbocycles. The van der Waals surface area contributed by atoms with Gasteiger partial charge in [-0.15, -0.1) is 0 Å². The molecular weight excluding hydrogens is 278 g/mol. The van der Waals surface area contributed by atoms with Gasteiger partial charge in [-0.2, -0.15) is 0 Å². The van der Waals surface area contributed by atoms with Gasteiger partial charge in [0.25, 0.3) is 0 Å². The van der Waals surface area contributed by atoms with E-state index in [0.29, 0.717) is 16.5 Å². The van der Waals surface area contributed by atoms with E-state index in [9.17, 15) is 0 Å². The largest absolute Gasteiger partial charge is 0.495 e. The summed E-state index contributed by atoms with van der Waals surface area (Å²) in [6, 6.07) is 3.59. The molecule has 108 valence electrons. The molecule has 20 heavy (non-hydrogen) atoms. The van der Waals surface area contributed by atoms with Crippen LogP contribution in [0.1, 0.15) is 6.42 Å². The van der Waals surface area contributed by atoms with E-state index >= 15 is 0 Å². The van der Waals surface area contributed by atoms with Crippen LogP contribution < -0.4 is 14.8 Å². The van der Waals surface area contributed by atoms with Crippen molar-refractivity contribution in [3.05, 3.63) is 35.9 Å². The van der Waals surface area contributed by atoms with Gasteiger partial charge >= 0.3 is 0 Å². The number of ether oxygens (including phenoxy) is 2. The third kappa shape index (κ3) is 3.57. The number of rotatable bonds is 7.